The van der Waals surface area contributed by atoms with Gasteiger partial charge in [-0.3, -0.25) is 4.79 Å². The van der Waals surface area contributed by atoms with E-state index in [1.807, 2.05) is 6.08 Å². The molecule has 0 rings (SSSR count). The summed E-state index contributed by atoms with van der Waals surface area (Å²) in [6, 6.07) is -0.646. The summed E-state index contributed by atoms with van der Waals surface area (Å²) in [7, 11) is 0. The van der Waals surface area contributed by atoms with Gasteiger partial charge in [0.15, 0.2) is 0 Å². The van der Waals surface area contributed by atoms with Crippen molar-refractivity contribution in [2.45, 2.75) is 379 Å². The Labute approximate surface area is 518 Å². The molecule has 83 heavy (non-hydrogen) atoms. The molecule has 3 N–H and O–H groups in total. The summed E-state index contributed by atoms with van der Waals surface area (Å²) >= 11 is 0. The molecule has 0 spiro atoms. The van der Waals surface area contributed by atoms with E-state index in [1.165, 1.54) is 270 Å². The fourth-order valence-corrected chi connectivity index (χ4v) is 11.0. The highest BCUT2D eigenvalue weighted by molar-refractivity contribution is 5.76. The molecule has 1 amide bonds. The molecule has 0 saturated heterocycles. The molecule has 0 aliphatic heterocycles. The average molecular weight is 1150 g/mol. The predicted octanol–water partition coefficient (Wildman–Crippen LogP) is 25.3. The van der Waals surface area contributed by atoms with E-state index >= 15 is 0 Å². The zero-order valence-corrected chi connectivity index (χ0v) is 55.4. The molecule has 0 aromatic heterocycles. The van der Waals surface area contributed by atoms with Crippen LogP contribution in [0.15, 0.2) is 109 Å². The molecule has 4 heteroatoms. The Morgan fingerprint density at radius 2 is 0.542 bits per heavy atom. The smallest absolute Gasteiger partial charge is 0.220 e. The second-order valence-electron chi connectivity index (χ2n) is 24.6. The molecule has 2 atom stereocenters. The molecule has 4 nitrogen and oxygen atoms in total. The quantitative estimate of drug-likeness (QED) is 0.0420. The number of amides is 1. The van der Waals surface area contributed by atoms with Crippen molar-refractivity contribution in [3.8, 4) is 0 Å². The van der Waals surface area contributed by atoms with E-state index in [0.29, 0.717) is 6.42 Å². The number of aliphatic hydroxyl groups excluding tert-OH is 2. The molecule has 0 aliphatic carbocycles. The molecule has 480 valence electrons. The Hall–Kier alpha value is -2.95. The largest absolute Gasteiger partial charge is 0.394 e. The minimum absolute atomic E-state index is 0.0715. The maximum Gasteiger partial charge on any atom is 0.220 e. The van der Waals surface area contributed by atoms with Crippen LogP contribution in [0.5, 0.6) is 0 Å². The molecule has 0 saturated carbocycles. The van der Waals surface area contributed by atoms with Crippen LogP contribution in [0.25, 0.3) is 0 Å². The number of hydrogen-bond acceptors (Lipinski definition) is 3. The number of rotatable bonds is 67. The van der Waals surface area contributed by atoms with Crippen LogP contribution in [0.1, 0.15) is 367 Å². The van der Waals surface area contributed by atoms with Gasteiger partial charge in [-0.25, -0.2) is 0 Å². The summed E-state index contributed by atoms with van der Waals surface area (Å²) in [5.41, 5.74) is 0. The van der Waals surface area contributed by atoms with Crippen molar-refractivity contribution >= 4 is 5.91 Å². The second kappa shape index (κ2) is 73.3. The Morgan fingerprint density at radius 3 is 0.843 bits per heavy atom. The van der Waals surface area contributed by atoms with E-state index in [1.54, 1.807) is 6.08 Å². The third-order valence-electron chi connectivity index (χ3n) is 16.5. The van der Waals surface area contributed by atoms with Gasteiger partial charge in [-0.1, -0.05) is 380 Å². The highest BCUT2D eigenvalue weighted by Crippen LogP contribution is 2.18. The third-order valence-corrected chi connectivity index (χ3v) is 16.5. The van der Waals surface area contributed by atoms with Crippen molar-refractivity contribution in [3.05, 3.63) is 109 Å². The van der Waals surface area contributed by atoms with Gasteiger partial charge in [0.2, 0.25) is 5.91 Å². The van der Waals surface area contributed by atoms with Gasteiger partial charge >= 0.3 is 0 Å². The molecule has 0 bridgehead atoms. The first kappa shape index (κ1) is 80.0. The molecule has 0 fully saturated rings. The normalized spacial score (nSPS) is 13.3. The van der Waals surface area contributed by atoms with Gasteiger partial charge in [-0.15, -0.1) is 0 Å². The lowest BCUT2D eigenvalue weighted by Gasteiger charge is -2.19. The van der Waals surface area contributed by atoms with E-state index in [4.69, 9.17) is 0 Å². The molecule has 2 unspecified atom stereocenters. The van der Waals surface area contributed by atoms with E-state index in [2.05, 4.69) is 116 Å². The Bertz CT molecular complexity index is 1540. The van der Waals surface area contributed by atoms with Gasteiger partial charge in [0.25, 0.3) is 0 Å². The minimum atomic E-state index is -0.869. The molecule has 0 aromatic rings. The lowest BCUT2D eigenvalue weighted by molar-refractivity contribution is -0.123. The zero-order valence-electron chi connectivity index (χ0n) is 55.4. The summed E-state index contributed by atoms with van der Waals surface area (Å²) in [5.74, 6) is -0.0715. The first-order valence-electron chi connectivity index (χ1n) is 36.6. The fourth-order valence-electron chi connectivity index (χ4n) is 11.0. The lowest BCUT2D eigenvalue weighted by atomic mass is 10.0. The lowest BCUT2D eigenvalue weighted by Crippen LogP contribution is -2.45. The van der Waals surface area contributed by atoms with Crippen molar-refractivity contribution in [1.29, 1.82) is 0 Å². The van der Waals surface area contributed by atoms with Gasteiger partial charge in [0, 0.05) is 6.42 Å². The van der Waals surface area contributed by atoms with Gasteiger partial charge in [-0.05, 0) is 89.9 Å². The topological polar surface area (TPSA) is 69.6 Å². The number of carbonyl (C=O) groups is 1. The first-order chi connectivity index (χ1) is 41.2. The summed E-state index contributed by atoms with van der Waals surface area (Å²) in [6.07, 6.45) is 110. The molecule has 0 heterocycles. The zero-order chi connectivity index (χ0) is 59.8. The maximum absolute atomic E-state index is 12.6. The van der Waals surface area contributed by atoms with Crippen molar-refractivity contribution in [1.82, 2.24) is 5.32 Å². The van der Waals surface area contributed by atoms with Crippen molar-refractivity contribution in [2.24, 2.45) is 0 Å². The number of unbranched alkanes of at least 4 members (excludes halogenated alkanes) is 44. The van der Waals surface area contributed by atoms with Gasteiger partial charge in [0.1, 0.15) is 0 Å². The molecular formula is C79H141NO3. The molecule has 0 aromatic carbocycles. The maximum atomic E-state index is 12.6. The third kappa shape index (κ3) is 69.7. The van der Waals surface area contributed by atoms with Gasteiger partial charge < -0.3 is 15.5 Å². The highest BCUT2D eigenvalue weighted by atomic mass is 16.3. The van der Waals surface area contributed by atoms with Crippen LogP contribution in [0, 0.1) is 0 Å². The van der Waals surface area contributed by atoms with Crippen LogP contribution in [-0.4, -0.2) is 34.9 Å². The molecular weight excluding hydrogens is 1010 g/mol. The van der Waals surface area contributed by atoms with Crippen LogP contribution < -0.4 is 5.32 Å². The SMILES string of the molecule is CC/C=C\C/C=C\C/C=C\C/C=C\C/C=C\C/C=C\C/C=C\CCCCCCCCCCCCCCCCCCCC(=O)NC(CO)C(O)/C=C/CC/C=C/CCCCCCCCCCCCCCCCCCCCCCCCCCCC. The van der Waals surface area contributed by atoms with Crippen LogP contribution in [0.2, 0.25) is 0 Å². The average Bonchev–Trinajstić information content (AvgIpc) is 3.51. The number of carbonyl (C=O) groups excluding carboxylic acids is 1. The van der Waals surface area contributed by atoms with Crippen LogP contribution in [0.4, 0.5) is 0 Å². The number of allylic oxidation sites excluding steroid dienone is 17. The monoisotopic (exact) mass is 1150 g/mol. The number of aliphatic hydroxyl groups is 2. The summed E-state index contributed by atoms with van der Waals surface area (Å²) in [6.45, 7) is 4.21. The standard InChI is InChI=1S/C79H141NO3/c1-3-5-7-9-11-13-15-17-19-21-23-25-27-29-31-33-35-37-38-39-40-41-42-43-45-47-49-51-53-55-57-59-61-63-65-67-69-71-73-75-79(83)80-77(76-81)78(82)74-72-70-68-66-64-62-60-58-56-54-52-50-48-46-44-36-34-32-30-28-26-24-22-20-18-16-14-12-10-8-6-4-2/h5,7,11,13,17,19,23,25,29,31,35,37,39-40,64,66,72,74,77-78,81-82H,3-4,6,8-10,12,14-16,18,20-22,24,26-28,30,32-34,36,38,41-63,65,67-71,73,75-76H2,1-2H3,(H,80,83)/b7-5-,13-11-,19-17-,25-23-,31-29-,37-35-,40-39-,66-64+,74-72+. The van der Waals surface area contributed by atoms with Gasteiger partial charge in [-0.2, -0.15) is 0 Å². The highest BCUT2D eigenvalue weighted by Gasteiger charge is 2.18. The second-order valence-corrected chi connectivity index (χ2v) is 24.6. The summed E-state index contributed by atoms with van der Waals surface area (Å²) < 4.78 is 0. The van der Waals surface area contributed by atoms with E-state index < -0.39 is 12.1 Å². The fraction of sp³-hybridized carbons (Fsp3) is 0.759. The van der Waals surface area contributed by atoms with E-state index in [9.17, 15) is 15.0 Å². The molecule has 0 radical (unpaired) electrons. The Morgan fingerprint density at radius 1 is 0.301 bits per heavy atom. The van der Waals surface area contributed by atoms with E-state index in [0.717, 1.165) is 77.0 Å². The summed E-state index contributed by atoms with van der Waals surface area (Å²) in [4.78, 5) is 12.6. The van der Waals surface area contributed by atoms with E-state index in [-0.39, 0.29) is 12.5 Å². The predicted molar refractivity (Wildman–Crippen MR) is 373 cm³/mol. The van der Waals surface area contributed by atoms with Gasteiger partial charge in [0.05, 0.1) is 18.8 Å². The summed E-state index contributed by atoms with van der Waals surface area (Å²) in [5, 5.41) is 23.3. The minimum Gasteiger partial charge on any atom is -0.394 e. The number of nitrogens with one attached hydrogen (secondary N) is 1. The van der Waals surface area contributed by atoms with Crippen LogP contribution in [-0.2, 0) is 4.79 Å². The van der Waals surface area contributed by atoms with Crippen molar-refractivity contribution in [3.63, 3.8) is 0 Å². The van der Waals surface area contributed by atoms with Crippen LogP contribution in [0.3, 0.4) is 0 Å². The van der Waals surface area contributed by atoms with Crippen LogP contribution >= 0.6 is 0 Å². The van der Waals surface area contributed by atoms with Crippen molar-refractivity contribution in [2.75, 3.05) is 6.61 Å². The molecule has 0 aliphatic rings. The van der Waals surface area contributed by atoms with Crippen molar-refractivity contribution < 1.29 is 15.0 Å². The Kier molecular flexibility index (Phi) is 70.7. The number of hydrogen-bond donors (Lipinski definition) is 3. The Balaban J connectivity index is 3.50. The first-order valence-corrected chi connectivity index (χ1v) is 36.6.